The summed E-state index contributed by atoms with van der Waals surface area (Å²) in [5.41, 5.74) is 0.651. The summed E-state index contributed by atoms with van der Waals surface area (Å²) in [6, 6.07) is 0. The molecule has 1 fully saturated rings. The van der Waals surface area contributed by atoms with Crippen LogP contribution in [-0.2, 0) is 11.3 Å². The fourth-order valence-corrected chi connectivity index (χ4v) is 3.02. The molecule has 118 valence electrons. The fourth-order valence-electron chi connectivity index (χ4n) is 3.02. The third kappa shape index (κ3) is 3.31. The standard InChI is InChI=1S/C15H21N5O2/c1-22-8-7-19-6-2-3-12(9-19)10-20-11-18-14-13(15(20)21)16-4-5-17-14/h4-5,11-12H,2-3,6-10H2,1H3. The van der Waals surface area contributed by atoms with E-state index in [-0.39, 0.29) is 5.56 Å². The largest absolute Gasteiger partial charge is 0.383 e. The second-order valence-electron chi connectivity index (χ2n) is 5.73. The van der Waals surface area contributed by atoms with Gasteiger partial charge in [-0.1, -0.05) is 0 Å². The van der Waals surface area contributed by atoms with Crippen molar-refractivity contribution in [1.29, 1.82) is 0 Å². The van der Waals surface area contributed by atoms with E-state index in [1.807, 2.05) is 0 Å². The number of hydrogen-bond donors (Lipinski definition) is 0. The summed E-state index contributed by atoms with van der Waals surface area (Å²) in [7, 11) is 1.72. The van der Waals surface area contributed by atoms with Gasteiger partial charge in [0, 0.05) is 39.1 Å². The Kier molecular flexibility index (Phi) is 4.74. The molecular weight excluding hydrogens is 282 g/mol. The van der Waals surface area contributed by atoms with Crippen molar-refractivity contribution in [2.45, 2.75) is 19.4 Å². The van der Waals surface area contributed by atoms with Gasteiger partial charge in [0.15, 0.2) is 11.2 Å². The zero-order valence-electron chi connectivity index (χ0n) is 12.8. The Morgan fingerprint density at radius 2 is 2.18 bits per heavy atom. The van der Waals surface area contributed by atoms with Gasteiger partial charge >= 0.3 is 0 Å². The van der Waals surface area contributed by atoms with Crippen LogP contribution in [-0.4, -0.2) is 57.8 Å². The van der Waals surface area contributed by atoms with Crippen LogP contribution in [0.4, 0.5) is 0 Å². The number of ether oxygens (including phenoxy) is 1. The molecule has 0 radical (unpaired) electrons. The van der Waals surface area contributed by atoms with Gasteiger partial charge in [0.25, 0.3) is 5.56 Å². The third-order valence-corrected chi connectivity index (χ3v) is 4.13. The quantitative estimate of drug-likeness (QED) is 0.803. The van der Waals surface area contributed by atoms with Crippen LogP contribution >= 0.6 is 0 Å². The summed E-state index contributed by atoms with van der Waals surface area (Å²) in [6.07, 6.45) is 6.96. The zero-order chi connectivity index (χ0) is 15.4. The van der Waals surface area contributed by atoms with Crippen LogP contribution < -0.4 is 5.56 Å². The van der Waals surface area contributed by atoms with Crippen molar-refractivity contribution in [2.24, 2.45) is 5.92 Å². The Balaban J connectivity index is 1.73. The minimum Gasteiger partial charge on any atom is -0.383 e. The van der Waals surface area contributed by atoms with Crippen LogP contribution in [0.25, 0.3) is 11.2 Å². The Morgan fingerprint density at radius 1 is 1.32 bits per heavy atom. The van der Waals surface area contributed by atoms with Gasteiger partial charge in [-0.15, -0.1) is 0 Å². The molecule has 0 aliphatic carbocycles. The molecule has 7 heteroatoms. The first kappa shape index (κ1) is 15.1. The molecule has 0 N–H and O–H groups in total. The van der Waals surface area contributed by atoms with Gasteiger partial charge in [0.05, 0.1) is 6.61 Å². The topological polar surface area (TPSA) is 73.1 Å². The number of aromatic nitrogens is 4. The number of rotatable bonds is 5. The highest BCUT2D eigenvalue weighted by atomic mass is 16.5. The van der Waals surface area contributed by atoms with E-state index >= 15 is 0 Å². The maximum absolute atomic E-state index is 12.4. The molecule has 3 heterocycles. The smallest absolute Gasteiger partial charge is 0.281 e. The molecule has 2 aromatic rings. The summed E-state index contributed by atoms with van der Waals surface area (Å²) in [5.74, 6) is 0.458. The van der Waals surface area contributed by atoms with E-state index in [0.29, 0.717) is 23.6 Å². The van der Waals surface area contributed by atoms with Gasteiger partial charge < -0.3 is 9.64 Å². The first-order valence-electron chi connectivity index (χ1n) is 7.65. The number of hydrogen-bond acceptors (Lipinski definition) is 6. The molecule has 1 atom stereocenters. The summed E-state index contributed by atoms with van der Waals surface area (Å²) >= 11 is 0. The molecule has 2 aromatic heterocycles. The van der Waals surface area contributed by atoms with E-state index in [2.05, 4.69) is 19.9 Å². The fraction of sp³-hybridized carbons (Fsp3) is 0.600. The number of piperidine rings is 1. The first-order chi connectivity index (χ1) is 10.8. The van der Waals surface area contributed by atoms with Crippen LogP contribution in [0, 0.1) is 5.92 Å². The molecule has 1 unspecified atom stereocenters. The van der Waals surface area contributed by atoms with Gasteiger partial charge in [0.2, 0.25) is 0 Å². The van der Waals surface area contributed by atoms with E-state index < -0.39 is 0 Å². The summed E-state index contributed by atoms with van der Waals surface area (Å²) < 4.78 is 6.81. The molecule has 1 saturated heterocycles. The van der Waals surface area contributed by atoms with Gasteiger partial charge in [0.1, 0.15) is 6.33 Å². The lowest BCUT2D eigenvalue weighted by Gasteiger charge is -2.32. The molecule has 0 aromatic carbocycles. The molecule has 3 rings (SSSR count). The second kappa shape index (κ2) is 6.93. The number of methoxy groups -OCH3 is 1. The SMILES string of the molecule is COCCN1CCCC(Cn2cnc3nccnc3c2=O)C1. The minimum absolute atomic E-state index is 0.105. The lowest BCUT2D eigenvalue weighted by molar-refractivity contribution is 0.109. The van der Waals surface area contributed by atoms with E-state index in [9.17, 15) is 4.79 Å². The van der Waals surface area contributed by atoms with Crippen molar-refractivity contribution in [3.63, 3.8) is 0 Å². The van der Waals surface area contributed by atoms with E-state index in [1.165, 1.54) is 6.20 Å². The molecule has 22 heavy (non-hydrogen) atoms. The summed E-state index contributed by atoms with van der Waals surface area (Å²) in [5, 5.41) is 0. The molecule has 0 bridgehead atoms. The third-order valence-electron chi connectivity index (χ3n) is 4.13. The molecule has 0 saturated carbocycles. The van der Waals surface area contributed by atoms with Crippen LogP contribution in [0.15, 0.2) is 23.5 Å². The van der Waals surface area contributed by atoms with E-state index in [1.54, 1.807) is 24.2 Å². The highest BCUT2D eigenvalue weighted by Crippen LogP contribution is 2.17. The first-order valence-corrected chi connectivity index (χ1v) is 7.65. The van der Waals surface area contributed by atoms with Gasteiger partial charge in [-0.05, 0) is 25.3 Å². The summed E-state index contributed by atoms with van der Waals surface area (Å²) in [4.78, 5) is 27.2. The van der Waals surface area contributed by atoms with Crippen molar-refractivity contribution < 1.29 is 4.74 Å². The monoisotopic (exact) mass is 303 g/mol. The molecule has 1 aliphatic heterocycles. The van der Waals surface area contributed by atoms with Crippen molar-refractivity contribution in [3.05, 3.63) is 29.1 Å². The average molecular weight is 303 g/mol. The maximum Gasteiger partial charge on any atom is 0.281 e. The Morgan fingerprint density at radius 3 is 3.05 bits per heavy atom. The maximum atomic E-state index is 12.4. The molecular formula is C15H21N5O2. The van der Waals surface area contributed by atoms with E-state index in [4.69, 9.17) is 4.74 Å². The molecule has 0 amide bonds. The molecule has 1 aliphatic rings. The van der Waals surface area contributed by atoms with Crippen LogP contribution in [0.5, 0.6) is 0 Å². The van der Waals surface area contributed by atoms with Gasteiger partial charge in [-0.3, -0.25) is 9.36 Å². The van der Waals surface area contributed by atoms with Crippen LogP contribution in [0.1, 0.15) is 12.8 Å². The van der Waals surface area contributed by atoms with Crippen LogP contribution in [0.2, 0.25) is 0 Å². The number of likely N-dealkylation sites (tertiary alicyclic amines) is 1. The highest BCUT2D eigenvalue weighted by Gasteiger charge is 2.20. The van der Waals surface area contributed by atoms with Gasteiger partial charge in [-0.25, -0.2) is 15.0 Å². The average Bonchev–Trinajstić information content (AvgIpc) is 2.56. The summed E-state index contributed by atoms with van der Waals surface area (Å²) in [6.45, 7) is 4.48. The Bertz CT molecular complexity index is 687. The second-order valence-corrected chi connectivity index (χ2v) is 5.73. The normalized spacial score (nSPS) is 19.6. The van der Waals surface area contributed by atoms with E-state index in [0.717, 1.165) is 39.1 Å². The Labute approximate surface area is 129 Å². The number of fused-ring (bicyclic) bond motifs is 1. The van der Waals surface area contributed by atoms with Crippen molar-refractivity contribution >= 4 is 11.2 Å². The highest BCUT2D eigenvalue weighted by molar-refractivity contribution is 5.66. The van der Waals surface area contributed by atoms with Crippen molar-refractivity contribution in [2.75, 3.05) is 33.4 Å². The lowest BCUT2D eigenvalue weighted by Crippen LogP contribution is -2.40. The van der Waals surface area contributed by atoms with Gasteiger partial charge in [-0.2, -0.15) is 0 Å². The lowest BCUT2D eigenvalue weighted by atomic mass is 9.98. The molecule has 0 spiro atoms. The predicted octanol–water partition coefficient (Wildman–Crippen LogP) is 0.545. The number of nitrogens with zero attached hydrogens (tertiary/aromatic N) is 5. The van der Waals surface area contributed by atoms with Crippen molar-refractivity contribution in [3.8, 4) is 0 Å². The zero-order valence-corrected chi connectivity index (χ0v) is 12.8. The Hall–Kier alpha value is -1.86. The molecule has 7 nitrogen and oxygen atoms in total. The minimum atomic E-state index is -0.105. The van der Waals surface area contributed by atoms with Crippen molar-refractivity contribution in [1.82, 2.24) is 24.4 Å². The predicted molar refractivity (Wildman–Crippen MR) is 82.6 cm³/mol. The van der Waals surface area contributed by atoms with Crippen LogP contribution in [0.3, 0.4) is 0 Å².